The van der Waals surface area contributed by atoms with Gasteiger partial charge in [0.05, 0.1) is 10.6 Å². The van der Waals surface area contributed by atoms with Gasteiger partial charge in [0.15, 0.2) is 0 Å². The van der Waals surface area contributed by atoms with Crippen molar-refractivity contribution in [2.75, 3.05) is 0 Å². The summed E-state index contributed by atoms with van der Waals surface area (Å²) in [5.41, 5.74) is 5.18. The van der Waals surface area contributed by atoms with Gasteiger partial charge in [0.25, 0.3) is 0 Å². The van der Waals surface area contributed by atoms with Crippen molar-refractivity contribution in [1.82, 2.24) is 4.98 Å². The molecule has 5 heteroatoms. The third kappa shape index (κ3) is 3.29. The Hall–Kier alpha value is -3.70. The predicted octanol–water partition coefficient (Wildman–Crippen LogP) is 3.75. The fourth-order valence-corrected chi connectivity index (χ4v) is 4.67. The minimum absolute atomic E-state index is 0.0892. The monoisotopic (exact) mass is 410 g/mol. The number of aliphatic imine (C=N–C) groups is 1. The molecular formula is C25H18N2O2S. The summed E-state index contributed by atoms with van der Waals surface area (Å²) >= 11 is 1.03. The number of rotatable bonds is 4. The number of nitrogens with zero attached hydrogens (tertiary/aromatic N) is 1. The second-order valence-corrected chi connectivity index (χ2v) is 8.04. The predicted molar refractivity (Wildman–Crippen MR) is 123 cm³/mol. The highest BCUT2D eigenvalue weighted by atomic mass is 32.1. The summed E-state index contributed by atoms with van der Waals surface area (Å²) in [6.45, 7) is 0. The summed E-state index contributed by atoms with van der Waals surface area (Å²) in [5, 5.41) is 12.4. The number of aromatic amines is 1. The van der Waals surface area contributed by atoms with Crippen LogP contribution in [-0.4, -0.2) is 16.3 Å². The molecule has 0 saturated heterocycles. The van der Waals surface area contributed by atoms with Crippen molar-refractivity contribution in [3.8, 4) is 17.0 Å². The van der Waals surface area contributed by atoms with Crippen LogP contribution in [0, 0.1) is 0 Å². The first-order valence-electron chi connectivity index (χ1n) is 9.63. The van der Waals surface area contributed by atoms with E-state index in [1.54, 1.807) is 6.21 Å². The highest BCUT2D eigenvalue weighted by molar-refractivity contribution is 7.10. The molecule has 0 radical (unpaired) electrons. The van der Waals surface area contributed by atoms with Crippen LogP contribution in [0.15, 0.2) is 82.6 Å². The number of benzene rings is 3. The maximum absolute atomic E-state index is 12.0. The van der Waals surface area contributed by atoms with Gasteiger partial charge in [0.2, 0.25) is 5.88 Å². The van der Waals surface area contributed by atoms with Crippen molar-refractivity contribution >= 4 is 34.9 Å². The Morgan fingerprint density at radius 1 is 0.967 bits per heavy atom. The quantitative estimate of drug-likeness (QED) is 0.538. The van der Waals surface area contributed by atoms with Gasteiger partial charge in [-0.25, -0.2) is 0 Å². The van der Waals surface area contributed by atoms with E-state index in [-0.39, 0.29) is 10.8 Å². The summed E-state index contributed by atoms with van der Waals surface area (Å²) < 4.78 is 0. The van der Waals surface area contributed by atoms with E-state index in [2.05, 4.69) is 34.2 Å². The van der Waals surface area contributed by atoms with Crippen LogP contribution in [-0.2, 0) is 6.42 Å². The molecule has 0 amide bonds. The number of fused-ring (bicyclic) bond motifs is 1. The van der Waals surface area contributed by atoms with Gasteiger partial charge in [-0.15, -0.1) is 0 Å². The van der Waals surface area contributed by atoms with E-state index in [1.165, 1.54) is 0 Å². The molecular weight excluding hydrogens is 392 g/mol. The number of aromatic hydroxyl groups is 1. The van der Waals surface area contributed by atoms with Crippen LogP contribution in [0.3, 0.4) is 0 Å². The van der Waals surface area contributed by atoms with Crippen LogP contribution in [0.4, 0.5) is 5.69 Å². The molecule has 146 valence electrons. The Morgan fingerprint density at radius 3 is 2.57 bits per heavy atom. The molecule has 30 heavy (non-hydrogen) atoms. The summed E-state index contributed by atoms with van der Waals surface area (Å²) in [6, 6.07) is 24.4. The van der Waals surface area contributed by atoms with Gasteiger partial charge in [0, 0.05) is 17.9 Å². The molecule has 0 atom stereocenters. The molecule has 0 saturated carbocycles. The Labute approximate surface area is 176 Å². The van der Waals surface area contributed by atoms with Crippen molar-refractivity contribution in [3.05, 3.63) is 103 Å². The first kappa shape index (κ1) is 18.3. The largest absolute Gasteiger partial charge is 0.493 e. The Morgan fingerprint density at radius 2 is 1.77 bits per heavy atom. The molecule has 4 nitrogen and oxygen atoms in total. The minimum atomic E-state index is -0.274. The average Bonchev–Trinajstić information content (AvgIpc) is 3.38. The van der Waals surface area contributed by atoms with Crippen LogP contribution in [0.1, 0.15) is 10.4 Å². The van der Waals surface area contributed by atoms with Crippen LogP contribution in [0.25, 0.3) is 22.8 Å². The summed E-state index contributed by atoms with van der Waals surface area (Å²) in [4.78, 5) is 19.2. The van der Waals surface area contributed by atoms with E-state index < -0.39 is 0 Å². The van der Waals surface area contributed by atoms with Gasteiger partial charge in [-0.1, -0.05) is 78.1 Å². The first-order valence-corrected chi connectivity index (χ1v) is 10.4. The molecule has 1 aliphatic heterocycles. The maximum atomic E-state index is 12.0. The number of hydrogen-bond acceptors (Lipinski definition) is 4. The molecule has 0 fully saturated rings. The van der Waals surface area contributed by atoms with E-state index >= 15 is 0 Å². The van der Waals surface area contributed by atoms with E-state index in [0.29, 0.717) is 11.3 Å². The molecule has 0 bridgehead atoms. The molecule has 0 unspecified atom stereocenters. The molecule has 0 aliphatic carbocycles. The molecule has 1 aliphatic rings. The number of aromatic nitrogens is 1. The van der Waals surface area contributed by atoms with Crippen molar-refractivity contribution < 1.29 is 5.11 Å². The lowest BCUT2D eigenvalue weighted by atomic mass is 9.93. The molecule has 5 rings (SSSR count). The van der Waals surface area contributed by atoms with Crippen molar-refractivity contribution in [1.29, 1.82) is 0 Å². The van der Waals surface area contributed by atoms with Gasteiger partial charge in [-0.05, 0) is 39.6 Å². The van der Waals surface area contributed by atoms with E-state index in [9.17, 15) is 9.90 Å². The molecule has 0 spiro atoms. The topological polar surface area (TPSA) is 65.5 Å². The second-order valence-electron chi connectivity index (χ2n) is 7.05. The summed E-state index contributed by atoms with van der Waals surface area (Å²) in [6.07, 6.45) is 4.32. The molecule has 3 aromatic carbocycles. The fourth-order valence-electron chi connectivity index (χ4n) is 3.88. The minimum Gasteiger partial charge on any atom is -0.493 e. The van der Waals surface area contributed by atoms with Gasteiger partial charge >= 0.3 is 4.87 Å². The van der Waals surface area contributed by atoms with Crippen LogP contribution in [0.2, 0.25) is 0 Å². The molecule has 1 aromatic heterocycles. The SMILES string of the molecule is O=c1[nH]c(O)c(C(Cc2ccccc2-c2ccccc2)=c2cccc3c2=CC=N3)s1. The van der Waals surface area contributed by atoms with Crippen LogP contribution in [0.5, 0.6) is 5.88 Å². The third-order valence-electron chi connectivity index (χ3n) is 5.24. The third-order valence-corrected chi connectivity index (χ3v) is 6.17. The lowest BCUT2D eigenvalue weighted by molar-refractivity contribution is 0.454. The summed E-state index contributed by atoms with van der Waals surface area (Å²) in [7, 11) is 0. The highest BCUT2D eigenvalue weighted by Gasteiger charge is 2.17. The normalized spacial score (nSPS) is 13.1. The zero-order valence-corrected chi connectivity index (χ0v) is 16.8. The Balaban J connectivity index is 1.77. The zero-order chi connectivity index (χ0) is 20.5. The van der Waals surface area contributed by atoms with Gasteiger partial charge < -0.3 is 5.11 Å². The number of nitrogens with one attached hydrogen (secondary N) is 1. The zero-order valence-electron chi connectivity index (χ0n) is 16.0. The van der Waals surface area contributed by atoms with Gasteiger partial charge in [0.1, 0.15) is 0 Å². The maximum Gasteiger partial charge on any atom is 0.307 e. The standard InChI is InChI=1S/C25H18N2O2S/c28-24-23(30-25(29)27-24)21(19-11-6-12-22-20(19)13-14-26-22)15-17-9-4-5-10-18(17)16-7-2-1-3-8-16/h1-14,28H,15H2,(H,27,29). The Kier molecular flexibility index (Phi) is 4.65. The number of hydrogen-bond donors (Lipinski definition) is 2. The molecule has 2 heterocycles. The van der Waals surface area contributed by atoms with Crippen molar-refractivity contribution in [2.24, 2.45) is 4.99 Å². The van der Waals surface area contributed by atoms with E-state index in [4.69, 9.17) is 0 Å². The summed E-state index contributed by atoms with van der Waals surface area (Å²) in [5.74, 6) is -0.0892. The van der Waals surface area contributed by atoms with E-state index in [0.717, 1.165) is 49.7 Å². The fraction of sp³-hybridized carbons (Fsp3) is 0.0400. The van der Waals surface area contributed by atoms with Gasteiger partial charge in [-0.3, -0.25) is 14.8 Å². The van der Waals surface area contributed by atoms with E-state index in [1.807, 2.05) is 54.6 Å². The lowest BCUT2D eigenvalue weighted by Gasteiger charge is -2.12. The second kappa shape index (κ2) is 7.61. The van der Waals surface area contributed by atoms with Crippen LogP contribution < -0.4 is 15.3 Å². The average molecular weight is 410 g/mol. The Bertz CT molecular complexity index is 1450. The number of H-pyrrole nitrogens is 1. The molecule has 2 N–H and O–H groups in total. The first-order chi connectivity index (χ1) is 14.7. The van der Waals surface area contributed by atoms with Crippen molar-refractivity contribution in [2.45, 2.75) is 6.42 Å². The number of thiazole rings is 1. The lowest BCUT2D eigenvalue weighted by Crippen LogP contribution is -2.27. The van der Waals surface area contributed by atoms with Crippen LogP contribution >= 0.6 is 11.3 Å². The van der Waals surface area contributed by atoms with Crippen molar-refractivity contribution in [3.63, 3.8) is 0 Å². The molecule has 4 aromatic rings. The van der Waals surface area contributed by atoms with Gasteiger partial charge in [-0.2, -0.15) is 0 Å². The highest BCUT2D eigenvalue weighted by Crippen LogP contribution is 2.31. The smallest absolute Gasteiger partial charge is 0.307 e.